The van der Waals surface area contributed by atoms with Gasteiger partial charge in [0, 0.05) is 13.1 Å². The van der Waals surface area contributed by atoms with Crippen molar-refractivity contribution in [2.45, 2.75) is 46.7 Å². The predicted octanol–water partition coefficient (Wildman–Crippen LogP) is 4.61. The lowest BCUT2D eigenvalue weighted by Gasteiger charge is -2.31. The Morgan fingerprint density at radius 2 is 1.77 bits per heavy atom. The van der Waals surface area contributed by atoms with E-state index in [4.69, 9.17) is 16.3 Å². The van der Waals surface area contributed by atoms with Gasteiger partial charge in [0.25, 0.3) is 5.91 Å². The van der Waals surface area contributed by atoms with Crippen molar-refractivity contribution in [2.75, 3.05) is 13.2 Å². The van der Waals surface area contributed by atoms with Gasteiger partial charge < -0.3 is 15.0 Å². The maximum atomic E-state index is 13.2. The van der Waals surface area contributed by atoms with Crippen molar-refractivity contribution in [3.05, 3.63) is 64.7 Å². The van der Waals surface area contributed by atoms with E-state index in [1.54, 1.807) is 29.2 Å². The fourth-order valence-electron chi connectivity index (χ4n) is 3.10. The van der Waals surface area contributed by atoms with E-state index in [1.165, 1.54) is 0 Å². The lowest BCUT2D eigenvalue weighted by atomic mass is 10.1. The Morgan fingerprint density at radius 1 is 1.10 bits per heavy atom. The summed E-state index contributed by atoms with van der Waals surface area (Å²) in [4.78, 5) is 27.6. The number of carbonyl (C=O) groups is 2. The quantitative estimate of drug-likeness (QED) is 0.598. The predicted molar refractivity (Wildman–Crippen MR) is 121 cm³/mol. The van der Waals surface area contributed by atoms with E-state index in [-0.39, 0.29) is 18.4 Å². The third-order valence-corrected chi connectivity index (χ3v) is 5.17. The molecule has 0 unspecified atom stereocenters. The van der Waals surface area contributed by atoms with Crippen LogP contribution in [0.5, 0.6) is 5.75 Å². The third kappa shape index (κ3) is 6.77. The van der Waals surface area contributed by atoms with Crippen molar-refractivity contribution in [1.29, 1.82) is 0 Å². The molecule has 6 heteroatoms. The third-order valence-electron chi connectivity index (χ3n) is 4.86. The van der Waals surface area contributed by atoms with Crippen molar-refractivity contribution in [3.8, 4) is 5.75 Å². The molecule has 0 saturated carbocycles. The Labute approximate surface area is 184 Å². The van der Waals surface area contributed by atoms with E-state index in [2.05, 4.69) is 5.32 Å². The minimum atomic E-state index is -0.578. The van der Waals surface area contributed by atoms with Crippen molar-refractivity contribution in [3.63, 3.8) is 0 Å². The zero-order valence-corrected chi connectivity index (χ0v) is 18.9. The summed E-state index contributed by atoms with van der Waals surface area (Å²) in [5, 5.41) is 3.40. The Bertz CT molecular complexity index is 854. The van der Waals surface area contributed by atoms with Crippen molar-refractivity contribution in [1.82, 2.24) is 10.2 Å². The highest BCUT2D eigenvalue weighted by Gasteiger charge is 2.29. The number of amides is 2. The summed E-state index contributed by atoms with van der Waals surface area (Å²) in [5.74, 6) is 0.367. The molecule has 2 aromatic carbocycles. The smallest absolute Gasteiger partial charge is 0.261 e. The summed E-state index contributed by atoms with van der Waals surface area (Å²) in [6.45, 7) is 8.70. The van der Waals surface area contributed by atoms with Gasteiger partial charge in [-0.2, -0.15) is 0 Å². The second-order valence-corrected chi connectivity index (χ2v) is 8.14. The molecule has 0 aromatic heterocycles. The van der Waals surface area contributed by atoms with Crippen LogP contribution < -0.4 is 10.1 Å². The normalized spacial score (nSPS) is 11.8. The first-order chi connectivity index (χ1) is 14.3. The highest BCUT2D eigenvalue weighted by molar-refractivity contribution is 6.32. The summed E-state index contributed by atoms with van der Waals surface area (Å²) < 4.78 is 5.67. The molecular weight excluding hydrogens is 400 g/mol. The zero-order valence-electron chi connectivity index (χ0n) is 18.2. The molecule has 1 N–H and O–H groups in total. The number of hydrogen-bond donors (Lipinski definition) is 1. The van der Waals surface area contributed by atoms with E-state index in [0.717, 1.165) is 11.1 Å². The maximum absolute atomic E-state index is 13.2. The first-order valence-electron chi connectivity index (χ1n) is 10.3. The summed E-state index contributed by atoms with van der Waals surface area (Å²) in [5.41, 5.74) is 2.07. The SMILES string of the molecule is CC[C@H](C(=O)NCC(C)C)N(Cc1ccccc1C)C(=O)COc1ccccc1Cl. The van der Waals surface area contributed by atoms with Gasteiger partial charge in [0.05, 0.1) is 5.02 Å². The van der Waals surface area contributed by atoms with Gasteiger partial charge in [-0.3, -0.25) is 9.59 Å². The minimum absolute atomic E-state index is 0.147. The standard InChI is InChI=1S/C24H31ClN2O3/c1-5-21(24(29)26-14-17(2)3)27(15-19-11-7-6-10-18(19)4)23(28)16-30-22-13-9-8-12-20(22)25/h6-13,17,21H,5,14-16H2,1-4H3,(H,26,29)/t21-/m1/s1. The fourth-order valence-corrected chi connectivity index (χ4v) is 3.29. The van der Waals surface area contributed by atoms with Crippen LogP contribution in [-0.2, 0) is 16.1 Å². The molecule has 0 radical (unpaired) electrons. The lowest BCUT2D eigenvalue weighted by molar-refractivity contribution is -0.143. The van der Waals surface area contributed by atoms with Crippen LogP contribution in [0.1, 0.15) is 38.3 Å². The number of para-hydroxylation sites is 1. The molecule has 0 bridgehead atoms. The van der Waals surface area contributed by atoms with E-state index in [1.807, 2.05) is 52.0 Å². The van der Waals surface area contributed by atoms with Crippen LogP contribution in [0.4, 0.5) is 0 Å². The Balaban J connectivity index is 2.22. The number of carbonyl (C=O) groups excluding carboxylic acids is 2. The van der Waals surface area contributed by atoms with Gasteiger partial charge >= 0.3 is 0 Å². The first-order valence-corrected chi connectivity index (χ1v) is 10.7. The number of benzene rings is 2. The summed E-state index contributed by atoms with van der Waals surface area (Å²) in [6.07, 6.45) is 0.508. The molecule has 0 saturated heterocycles. The number of ether oxygens (including phenoxy) is 1. The lowest BCUT2D eigenvalue weighted by Crippen LogP contribution is -2.50. The first kappa shape index (κ1) is 23.7. The second-order valence-electron chi connectivity index (χ2n) is 7.73. The highest BCUT2D eigenvalue weighted by atomic mass is 35.5. The average molecular weight is 431 g/mol. The van der Waals surface area contributed by atoms with Crippen molar-refractivity contribution >= 4 is 23.4 Å². The fraction of sp³-hybridized carbons (Fsp3) is 0.417. The maximum Gasteiger partial charge on any atom is 0.261 e. The van der Waals surface area contributed by atoms with E-state index < -0.39 is 6.04 Å². The Morgan fingerprint density at radius 3 is 2.40 bits per heavy atom. The van der Waals surface area contributed by atoms with Crippen LogP contribution in [0.25, 0.3) is 0 Å². The molecule has 2 amide bonds. The Kier molecular flexibility index (Phi) is 9.18. The monoisotopic (exact) mass is 430 g/mol. The Hall–Kier alpha value is -2.53. The number of rotatable bonds is 10. The molecular formula is C24H31ClN2O3. The van der Waals surface area contributed by atoms with Gasteiger partial charge in [-0.25, -0.2) is 0 Å². The molecule has 0 heterocycles. The number of nitrogens with zero attached hydrogens (tertiary/aromatic N) is 1. The zero-order chi connectivity index (χ0) is 22.1. The largest absolute Gasteiger partial charge is 0.482 e. The van der Waals surface area contributed by atoms with Crippen LogP contribution >= 0.6 is 11.6 Å². The van der Waals surface area contributed by atoms with E-state index >= 15 is 0 Å². The van der Waals surface area contributed by atoms with Crippen molar-refractivity contribution < 1.29 is 14.3 Å². The number of aryl methyl sites for hydroxylation is 1. The number of hydrogen-bond acceptors (Lipinski definition) is 3. The molecule has 1 atom stereocenters. The van der Waals surface area contributed by atoms with Crippen LogP contribution in [0.3, 0.4) is 0 Å². The molecule has 0 aliphatic rings. The van der Waals surface area contributed by atoms with Gasteiger partial charge in [-0.05, 0) is 42.5 Å². The average Bonchev–Trinajstić information content (AvgIpc) is 2.72. The van der Waals surface area contributed by atoms with Gasteiger partial charge in [0.2, 0.25) is 5.91 Å². The summed E-state index contributed by atoms with van der Waals surface area (Å²) in [7, 11) is 0. The number of halogens is 1. The van der Waals surface area contributed by atoms with Gasteiger partial charge in [0.15, 0.2) is 6.61 Å². The minimum Gasteiger partial charge on any atom is -0.482 e. The molecule has 2 aromatic rings. The van der Waals surface area contributed by atoms with E-state index in [9.17, 15) is 9.59 Å². The molecule has 162 valence electrons. The second kappa shape index (κ2) is 11.6. The van der Waals surface area contributed by atoms with E-state index in [0.29, 0.717) is 36.2 Å². The van der Waals surface area contributed by atoms with Gasteiger partial charge in [0.1, 0.15) is 11.8 Å². The molecule has 0 aliphatic heterocycles. The summed E-state index contributed by atoms with van der Waals surface area (Å²) >= 11 is 6.13. The molecule has 2 rings (SSSR count). The van der Waals surface area contributed by atoms with Gasteiger partial charge in [-0.15, -0.1) is 0 Å². The van der Waals surface area contributed by atoms with Gasteiger partial charge in [-0.1, -0.05) is 68.8 Å². The molecule has 5 nitrogen and oxygen atoms in total. The number of nitrogens with one attached hydrogen (secondary N) is 1. The topological polar surface area (TPSA) is 58.6 Å². The van der Waals surface area contributed by atoms with Crippen LogP contribution in [-0.4, -0.2) is 35.9 Å². The van der Waals surface area contributed by atoms with Crippen LogP contribution in [0.15, 0.2) is 48.5 Å². The van der Waals surface area contributed by atoms with Crippen molar-refractivity contribution in [2.24, 2.45) is 5.92 Å². The molecule has 30 heavy (non-hydrogen) atoms. The molecule has 0 spiro atoms. The summed E-state index contributed by atoms with van der Waals surface area (Å²) in [6, 6.07) is 14.3. The molecule has 0 aliphatic carbocycles. The molecule has 0 fully saturated rings. The van der Waals surface area contributed by atoms with Crippen LogP contribution in [0.2, 0.25) is 5.02 Å². The van der Waals surface area contributed by atoms with Crippen LogP contribution in [0, 0.1) is 12.8 Å². The highest BCUT2D eigenvalue weighted by Crippen LogP contribution is 2.23.